The Labute approximate surface area is 157 Å². The fourth-order valence-electron chi connectivity index (χ4n) is 3.50. The van der Waals surface area contributed by atoms with Crippen molar-refractivity contribution in [3.8, 4) is 0 Å². The maximum Gasteiger partial charge on any atom is 0.325 e. The monoisotopic (exact) mass is 377 g/mol. The third-order valence-electron chi connectivity index (χ3n) is 5.08. The number of nitrogens with one attached hydrogen (secondary N) is 1. The fourth-order valence-corrected chi connectivity index (χ4v) is 3.50. The van der Waals surface area contributed by atoms with Crippen molar-refractivity contribution in [2.75, 3.05) is 32.8 Å². The first-order chi connectivity index (χ1) is 13.0. The molecule has 0 unspecified atom stereocenters. The number of morpholine rings is 1. The molecule has 1 atom stereocenters. The Hall–Kier alpha value is -2.48. The first-order valence-electron chi connectivity index (χ1n) is 9.23. The molecule has 7 nitrogen and oxygen atoms in total. The zero-order valence-electron chi connectivity index (χ0n) is 15.4. The molecule has 0 saturated carbocycles. The normalized spacial score (nSPS) is 22.9. The molecule has 27 heavy (non-hydrogen) atoms. The van der Waals surface area contributed by atoms with Crippen molar-refractivity contribution >= 4 is 17.8 Å². The van der Waals surface area contributed by atoms with Crippen LogP contribution < -0.4 is 5.32 Å². The largest absolute Gasteiger partial charge is 0.378 e. The average molecular weight is 377 g/mol. The summed E-state index contributed by atoms with van der Waals surface area (Å²) in [6.07, 6.45) is 1.93. The molecule has 2 fully saturated rings. The lowest BCUT2D eigenvalue weighted by molar-refractivity contribution is -0.141. The van der Waals surface area contributed by atoms with E-state index in [1.165, 1.54) is 24.3 Å². The van der Waals surface area contributed by atoms with Crippen LogP contribution in [0.1, 0.15) is 31.7 Å². The molecule has 4 amide bonds. The van der Waals surface area contributed by atoms with Crippen LogP contribution in [-0.2, 0) is 19.9 Å². The number of nitrogens with zero attached hydrogens (tertiary/aromatic N) is 2. The number of amides is 4. The predicted octanol–water partition coefficient (Wildman–Crippen LogP) is 1.62. The second kappa shape index (κ2) is 8.04. The molecule has 8 heteroatoms. The Kier molecular flexibility index (Phi) is 5.74. The molecule has 0 radical (unpaired) electrons. The van der Waals surface area contributed by atoms with Crippen molar-refractivity contribution in [1.82, 2.24) is 15.1 Å². The highest BCUT2D eigenvalue weighted by Crippen LogP contribution is 2.34. The Bertz CT molecular complexity index is 718. The number of hydrogen-bond acceptors (Lipinski definition) is 4. The van der Waals surface area contributed by atoms with Crippen molar-refractivity contribution in [2.24, 2.45) is 0 Å². The van der Waals surface area contributed by atoms with E-state index in [0.717, 1.165) is 11.3 Å². The number of urea groups is 1. The van der Waals surface area contributed by atoms with Gasteiger partial charge < -0.3 is 15.0 Å². The number of carbonyl (C=O) groups excluding carboxylic acids is 3. The zero-order chi connectivity index (χ0) is 19.4. The Balaban J connectivity index is 1.83. The minimum Gasteiger partial charge on any atom is -0.378 e. The van der Waals surface area contributed by atoms with Crippen LogP contribution in [0.3, 0.4) is 0 Å². The minimum atomic E-state index is -1.26. The summed E-state index contributed by atoms with van der Waals surface area (Å²) in [7, 11) is 0. The summed E-state index contributed by atoms with van der Waals surface area (Å²) in [6, 6.07) is 4.96. The van der Waals surface area contributed by atoms with E-state index in [4.69, 9.17) is 4.74 Å². The molecule has 3 rings (SSSR count). The number of unbranched alkanes of at least 4 members (excludes halogenated alkanes) is 1. The second-order valence-electron chi connectivity index (χ2n) is 6.83. The Morgan fingerprint density at radius 2 is 1.89 bits per heavy atom. The van der Waals surface area contributed by atoms with Crippen molar-refractivity contribution in [1.29, 1.82) is 0 Å². The molecule has 0 spiro atoms. The molecule has 2 heterocycles. The van der Waals surface area contributed by atoms with Crippen LogP contribution >= 0.6 is 0 Å². The van der Waals surface area contributed by atoms with Gasteiger partial charge in [-0.25, -0.2) is 9.18 Å². The summed E-state index contributed by atoms with van der Waals surface area (Å²) in [5, 5.41) is 2.77. The number of carbonyl (C=O) groups is 3. The standard InChI is InChI=1S/C19H24FN3O4/c1-2-3-8-19(14-4-6-15(20)7-5-14)17(25)23(18(26)21-19)13-16(24)22-9-11-27-12-10-22/h4-7H,2-3,8-13H2,1H3,(H,21,26)/t19-/m0/s1. The highest BCUT2D eigenvalue weighted by molar-refractivity contribution is 6.09. The second-order valence-corrected chi connectivity index (χ2v) is 6.83. The van der Waals surface area contributed by atoms with Gasteiger partial charge in [0, 0.05) is 13.1 Å². The van der Waals surface area contributed by atoms with Crippen LogP contribution in [0.15, 0.2) is 24.3 Å². The van der Waals surface area contributed by atoms with Crippen LogP contribution in [0, 0.1) is 5.82 Å². The van der Waals surface area contributed by atoms with Gasteiger partial charge in [-0.1, -0.05) is 31.9 Å². The Morgan fingerprint density at radius 3 is 2.52 bits per heavy atom. The number of hydrogen-bond donors (Lipinski definition) is 1. The lowest BCUT2D eigenvalue weighted by Gasteiger charge is -2.29. The summed E-state index contributed by atoms with van der Waals surface area (Å²) >= 11 is 0. The summed E-state index contributed by atoms with van der Waals surface area (Å²) in [4.78, 5) is 40.8. The quantitative estimate of drug-likeness (QED) is 0.764. The summed E-state index contributed by atoms with van der Waals surface area (Å²) in [5.41, 5.74) is -0.733. The van der Waals surface area contributed by atoms with Crippen molar-refractivity contribution in [3.63, 3.8) is 0 Å². The molecule has 0 bridgehead atoms. The zero-order valence-corrected chi connectivity index (χ0v) is 15.4. The molecular formula is C19H24FN3O4. The summed E-state index contributed by atoms with van der Waals surface area (Å²) in [6.45, 7) is 3.46. The predicted molar refractivity (Wildman–Crippen MR) is 95.2 cm³/mol. The van der Waals surface area contributed by atoms with Crippen LogP contribution in [0.2, 0.25) is 0 Å². The average Bonchev–Trinajstić information content (AvgIpc) is 2.92. The maximum atomic E-state index is 13.3. The van der Waals surface area contributed by atoms with E-state index < -0.39 is 23.3 Å². The molecular weight excluding hydrogens is 353 g/mol. The molecule has 0 aliphatic carbocycles. The smallest absolute Gasteiger partial charge is 0.325 e. The molecule has 2 aliphatic heterocycles. The third kappa shape index (κ3) is 3.80. The maximum absolute atomic E-state index is 13.3. The highest BCUT2D eigenvalue weighted by Gasteiger charge is 2.52. The van der Waals surface area contributed by atoms with Crippen molar-refractivity contribution in [2.45, 2.75) is 31.7 Å². The summed E-state index contributed by atoms with van der Waals surface area (Å²) in [5.74, 6) is -1.16. The third-order valence-corrected chi connectivity index (χ3v) is 5.08. The Morgan fingerprint density at radius 1 is 1.22 bits per heavy atom. The SMILES string of the molecule is CCCC[C@@]1(c2ccc(F)cc2)NC(=O)N(CC(=O)N2CCOCC2)C1=O. The molecule has 1 aromatic carbocycles. The van der Waals surface area contributed by atoms with Gasteiger partial charge in [-0.15, -0.1) is 0 Å². The number of ether oxygens (including phenoxy) is 1. The van der Waals surface area contributed by atoms with Crippen molar-refractivity contribution in [3.05, 3.63) is 35.6 Å². The fraction of sp³-hybridized carbons (Fsp3) is 0.526. The lowest BCUT2D eigenvalue weighted by atomic mass is 9.85. The summed E-state index contributed by atoms with van der Waals surface area (Å²) < 4.78 is 18.6. The van der Waals surface area contributed by atoms with E-state index in [1.54, 1.807) is 4.90 Å². The van der Waals surface area contributed by atoms with Crippen LogP contribution in [-0.4, -0.2) is 60.5 Å². The highest BCUT2D eigenvalue weighted by atomic mass is 19.1. The van der Waals surface area contributed by atoms with Gasteiger partial charge in [-0.05, 0) is 24.1 Å². The molecule has 1 N–H and O–H groups in total. The van der Waals surface area contributed by atoms with Gasteiger partial charge in [0.05, 0.1) is 13.2 Å². The number of imide groups is 1. The number of halogens is 1. The lowest BCUT2D eigenvalue weighted by Crippen LogP contribution is -2.48. The molecule has 2 saturated heterocycles. The molecule has 1 aromatic rings. The first-order valence-corrected chi connectivity index (χ1v) is 9.23. The van der Waals surface area contributed by atoms with Gasteiger partial charge in [0.15, 0.2) is 0 Å². The van der Waals surface area contributed by atoms with Crippen LogP contribution in [0.4, 0.5) is 9.18 Å². The van der Waals surface area contributed by atoms with E-state index in [1.807, 2.05) is 6.92 Å². The molecule has 2 aliphatic rings. The van der Waals surface area contributed by atoms with E-state index >= 15 is 0 Å². The first kappa shape index (κ1) is 19.3. The topological polar surface area (TPSA) is 79.0 Å². The number of rotatable bonds is 6. The van der Waals surface area contributed by atoms with Crippen LogP contribution in [0.25, 0.3) is 0 Å². The molecule has 0 aromatic heterocycles. The number of benzene rings is 1. The van der Waals surface area contributed by atoms with E-state index in [2.05, 4.69) is 5.32 Å². The van der Waals surface area contributed by atoms with E-state index in [9.17, 15) is 18.8 Å². The van der Waals surface area contributed by atoms with E-state index in [-0.39, 0.29) is 12.5 Å². The van der Waals surface area contributed by atoms with Gasteiger partial charge in [0.1, 0.15) is 17.9 Å². The molecule has 146 valence electrons. The minimum absolute atomic E-state index is 0.285. The van der Waals surface area contributed by atoms with Crippen LogP contribution in [0.5, 0.6) is 0 Å². The van der Waals surface area contributed by atoms with E-state index in [0.29, 0.717) is 44.7 Å². The van der Waals surface area contributed by atoms with Crippen molar-refractivity contribution < 1.29 is 23.5 Å². The van der Waals surface area contributed by atoms with Gasteiger partial charge in [-0.3, -0.25) is 14.5 Å². The van der Waals surface area contributed by atoms with Gasteiger partial charge in [-0.2, -0.15) is 0 Å². The van der Waals surface area contributed by atoms with Gasteiger partial charge in [0.2, 0.25) is 5.91 Å². The van der Waals surface area contributed by atoms with Gasteiger partial charge in [0.25, 0.3) is 5.91 Å². The van der Waals surface area contributed by atoms with Gasteiger partial charge >= 0.3 is 6.03 Å².